The predicted octanol–water partition coefficient (Wildman–Crippen LogP) is 4.78. The SMILES string of the molecule is CCCSP(=O)(OCC)OC(C(F)(F)F)C(F)(F)F. The van der Waals surface area contributed by atoms with Crippen LogP contribution in [0.1, 0.15) is 20.3 Å². The van der Waals surface area contributed by atoms with Gasteiger partial charge in [-0.15, -0.1) is 0 Å². The molecular weight excluding hydrogens is 321 g/mol. The molecule has 0 aliphatic rings. The van der Waals surface area contributed by atoms with E-state index >= 15 is 0 Å². The normalized spacial score (nSPS) is 16.7. The van der Waals surface area contributed by atoms with Gasteiger partial charge in [0.1, 0.15) is 0 Å². The van der Waals surface area contributed by atoms with Gasteiger partial charge in [-0.2, -0.15) is 26.3 Å². The van der Waals surface area contributed by atoms with Crippen LogP contribution in [0.15, 0.2) is 0 Å². The molecule has 0 saturated heterocycles. The molecule has 0 rings (SSSR count). The van der Waals surface area contributed by atoms with Crippen molar-refractivity contribution in [1.29, 1.82) is 0 Å². The summed E-state index contributed by atoms with van der Waals surface area (Å²) in [6, 6.07) is 0. The van der Waals surface area contributed by atoms with E-state index in [0.29, 0.717) is 17.8 Å². The summed E-state index contributed by atoms with van der Waals surface area (Å²) >= 11 is 0.320. The zero-order valence-corrected chi connectivity index (χ0v) is 11.8. The fourth-order valence-electron chi connectivity index (χ4n) is 0.894. The highest BCUT2D eigenvalue weighted by molar-refractivity contribution is 8.55. The molecular formula is C8H13F6O3PS. The molecule has 0 saturated carbocycles. The van der Waals surface area contributed by atoms with Crippen molar-refractivity contribution >= 4 is 18.2 Å². The second-order valence-corrected chi connectivity index (χ2v) is 7.41. The Hall–Kier alpha value is 0.0800. The Morgan fingerprint density at radius 3 is 1.89 bits per heavy atom. The van der Waals surface area contributed by atoms with Crippen LogP contribution in [0.2, 0.25) is 0 Å². The second-order valence-electron chi connectivity index (χ2n) is 3.27. The van der Waals surface area contributed by atoms with Crippen LogP contribution >= 0.6 is 18.2 Å². The molecule has 19 heavy (non-hydrogen) atoms. The lowest BCUT2D eigenvalue weighted by Gasteiger charge is -2.26. The van der Waals surface area contributed by atoms with Crippen molar-refractivity contribution in [3.8, 4) is 0 Å². The molecule has 0 bridgehead atoms. The molecule has 0 spiro atoms. The van der Waals surface area contributed by atoms with Crippen molar-refractivity contribution in [3.63, 3.8) is 0 Å². The van der Waals surface area contributed by atoms with E-state index in [1.54, 1.807) is 6.92 Å². The van der Waals surface area contributed by atoms with Gasteiger partial charge in [0.25, 0.3) is 6.10 Å². The van der Waals surface area contributed by atoms with Crippen LogP contribution in [0.3, 0.4) is 0 Å². The van der Waals surface area contributed by atoms with Gasteiger partial charge < -0.3 is 4.52 Å². The topological polar surface area (TPSA) is 35.5 Å². The van der Waals surface area contributed by atoms with Gasteiger partial charge in [-0.3, -0.25) is 4.52 Å². The summed E-state index contributed by atoms with van der Waals surface area (Å²) in [4.78, 5) is 0. The molecule has 0 radical (unpaired) electrons. The molecule has 1 unspecified atom stereocenters. The average Bonchev–Trinajstić information content (AvgIpc) is 2.21. The number of rotatable bonds is 7. The van der Waals surface area contributed by atoms with Crippen molar-refractivity contribution in [2.45, 2.75) is 38.7 Å². The van der Waals surface area contributed by atoms with Crippen LogP contribution in [-0.2, 0) is 13.6 Å². The van der Waals surface area contributed by atoms with Crippen molar-refractivity contribution in [2.24, 2.45) is 0 Å². The van der Waals surface area contributed by atoms with E-state index in [-0.39, 0.29) is 12.4 Å². The maximum absolute atomic E-state index is 12.3. The largest absolute Gasteiger partial charge is 0.424 e. The van der Waals surface area contributed by atoms with E-state index in [9.17, 15) is 30.9 Å². The summed E-state index contributed by atoms with van der Waals surface area (Å²) in [5.41, 5.74) is 0. The lowest BCUT2D eigenvalue weighted by Crippen LogP contribution is -2.43. The summed E-state index contributed by atoms with van der Waals surface area (Å²) in [6.45, 7) is -1.92. The zero-order chi connectivity index (χ0) is 15.3. The molecule has 116 valence electrons. The molecule has 0 aliphatic carbocycles. The van der Waals surface area contributed by atoms with Gasteiger partial charge in [0, 0.05) is 5.75 Å². The van der Waals surface area contributed by atoms with Crippen LogP contribution in [0.25, 0.3) is 0 Å². The van der Waals surface area contributed by atoms with Crippen molar-refractivity contribution in [3.05, 3.63) is 0 Å². The first-order valence-electron chi connectivity index (χ1n) is 5.17. The molecule has 0 aromatic carbocycles. The van der Waals surface area contributed by atoms with Crippen molar-refractivity contribution < 1.29 is 40.0 Å². The van der Waals surface area contributed by atoms with E-state index in [1.165, 1.54) is 6.92 Å². The molecule has 3 nitrogen and oxygen atoms in total. The Morgan fingerprint density at radius 1 is 1.11 bits per heavy atom. The minimum Gasteiger partial charge on any atom is -0.301 e. The maximum Gasteiger partial charge on any atom is 0.424 e. The highest BCUT2D eigenvalue weighted by Gasteiger charge is 2.60. The van der Waals surface area contributed by atoms with Crippen LogP contribution < -0.4 is 0 Å². The first-order chi connectivity index (χ1) is 8.46. The summed E-state index contributed by atoms with van der Waals surface area (Å²) in [5.74, 6) is 0.0553. The summed E-state index contributed by atoms with van der Waals surface area (Å²) in [5, 5.41) is 0. The van der Waals surface area contributed by atoms with Crippen LogP contribution in [0, 0.1) is 0 Å². The third-order valence-electron chi connectivity index (χ3n) is 1.57. The van der Waals surface area contributed by atoms with E-state index in [2.05, 4.69) is 9.05 Å². The third kappa shape index (κ3) is 6.87. The highest BCUT2D eigenvalue weighted by atomic mass is 32.7. The number of hydrogen-bond acceptors (Lipinski definition) is 4. The van der Waals surface area contributed by atoms with Crippen LogP contribution in [-0.4, -0.2) is 30.8 Å². The number of alkyl halides is 6. The van der Waals surface area contributed by atoms with Crippen molar-refractivity contribution in [1.82, 2.24) is 0 Å². The Bertz CT molecular complexity index is 305. The van der Waals surface area contributed by atoms with Gasteiger partial charge >= 0.3 is 19.2 Å². The fraction of sp³-hybridized carbons (Fsp3) is 1.00. The lowest BCUT2D eigenvalue weighted by molar-refractivity contribution is -0.300. The Labute approximate surface area is 110 Å². The molecule has 0 aliphatic heterocycles. The zero-order valence-electron chi connectivity index (χ0n) is 10.0. The maximum atomic E-state index is 12.3. The standard InChI is InChI=1S/C8H13F6O3PS/c1-3-5-19-18(15,16-4-2)17-6(7(9,10)11)8(12,13)14/h6H,3-5H2,1-2H3. The van der Waals surface area contributed by atoms with E-state index < -0.39 is 25.3 Å². The molecule has 0 fully saturated rings. The molecule has 0 N–H and O–H groups in total. The van der Waals surface area contributed by atoms with E-state index in [4.69, 9.17) is 0 Å². The predicted molar refractivity (Wildman–Crippen MR) is 59.0 cm³/mol. The number of halogens is 6. The van der Waals surface area contributed by atoms with E-state index in [1.807, 2.05) is 0 Å². The molecule has 0 aromatic heterocycles. The number of hydrogen-bond donors (Lipinski definition) is 0. The van der Waals surface area contributed by atoms with Gasteiger partial charge in [0.15, 0.2) is 0 Å². The van der Waals surface area contributed by atoms with Gasteiger partial charge in [0.2, 0.25) is 0 Å². The first kappa shape index (κ1) is 19.1. The summed E-state index contributed by atoms with van der Waals surface area (Å²) in [6.07, 6.45) is -15.1. The molecule has 0 amide bonds. The quantitative estimate of drug-likeness (QED) is 0.496. The van der Waals surface area contributed by atoms with Crippen molar-refractivity contribution in [2.75, 3.05) is 12.4 Å². The molecule has 0 aromatic rings. The van der Waals surface area contributed by atoms with Crippen LogP contribution in [0.4, 0.5) is 26.3 Å². The van der Waals surface area contributed by atoms with Crippen LogP contribution in [0.5, 0.6) is 0 Å². The Morgan fingerprint density at radius 2 is 1.58 bits per heavy atom. The van der Waals surface area contributed by atoms with E-state index in [0.717, 1.165) is 0 Å². The average molecular weight is 334 g/mol. The van der Waals surface area contributed by atoms with Gasteiger partial charge in [-0.1, -0.05) is 6.92 Å². The van der Waals surface area contributed by atoms with Gasteiger partial charge in [-0.05, 0) is 24.7 Å². The highest BCUT2D eigenvalue weighted by Crippen LogP contribution is 2.63. The fourth-order valence-corrected chi connectivity index (χ4v) is 4.51. The summed E-state index contributed by atoms with van der Waals surface area (Å²) in [7, 11) is 0. The molecule has 11 heteroatoms. The minimum absolute atomic E-state index is 0.0553. The molecule has 0 heterocycles. The molecule has 1 atom stereocenters. The third-order valence-corrected chi connectivity index (χ3v) is 5.59. The van der Waals surface area contributed by atoms with Gasteiger partial charge in [0.05, 0.1) is 6.61 Å². The minimum atomic E-state index is -5.71. The smallest absolute Gasteiger partial charge is 0.301 e. The van der Waals surface area contributed by atoms with Gasteiger partial charge in [-0.25, -0.2) is 4.57 Å². The Balaban J connectivity index is 5.11. The summed E-state index contributed by atoms with van der Waals surface area (Å²) < 4.78 is 93.7. The second kappa shape index (κ2) is 7.19. The Kier molecular flexibility index (Phi) is 7.22. The lowest BCUT2D eigenvalue weighted by atomic mass is 10.3. The first-order valence-corrected chi connectivity index (χ1v) is 8.30. The monoisotopic (exact) mass is 334 g/mol.